The van der Waals surface area contributed by atoms with E-state index in [0.29, 0.717) is 0 Å². The second-order valence-electron chi connectivity index (χ2n) is 18.9. The number of rotatable bonds is 14. The molecule has 4 aliphatic carbocycles. The van der Waals surface area contributed by atoms with Crippen molar-refractivity contribution in [2.45, 2.75) is 210 Å². The summed E-state index contributed by atoms with van der Waals surface area (Å²) in [6.07, 6.45) is 28.5. The van der Waals surface area contributed by atoms with E-state index in [4.69, 9.17) is 9.47 Å². The molecule has 16 heteroatoms. The molecule has 6 rings (SSSR count). The van der Waals surface area contributed by atoms with Gasteiger partial charge < -0.3 is 50.5 Å². The van der Waals surface area contributed by atoms with Crippen molar-refractivity contribution < 1.29 is 59.1 Å². The third-order valence-corrected chi connectivity index (χ3v) is 14.0. The number of β-lactam (4-membered cyclic amide) rings is 1. The smallest absolute Gasteiger partial charge is 0.408 e. The lowest BCUT2D eigenvalue weighted by Crippen LogP contribution is -2.95. The summed E-state index contributed by atoms with van der Waals surface area (Å²) in [7, 11) is 0. The molecule has 15 nitrogen and oxygen atoms in total. The van der Waals surface area contributed by atoms with Crippen LogP contribution in [-0.2, 0) is 33.4 Å². The van der Waals surface area contributed by atoms with Crippen molar-refractivity contribution >= 4 is 47.6 Å². The summed E-state index contributed by atoms with van der Waals surface area (Å²) < 4.78 is 9.84. The number of nitrogens with two attached hydrogens (primary N) is 2. The maximum Gasteiger partial charge on any atom is 0.408 e. The van der Waals surface area contributed by atoms with Crippen LogP contribution in [0.1, 0.15) is 169 Å². The Morgan fingerprint density at radius 2 is 1.23 bits per heavy atom. The molecule has 3 atom stereocenters. The van der Waals surface area contributed by atoms with E-state index in [9.17, 15) is 39.0 Å². The molecule has 4 saturated carbocycles. The van der Waals surface area contributed by atoms with Gasteiger partial charge in [0.15, 0.2) is 0 Å². The number of nitrogens with one attached hydrogen (secondary N) is 2. The van der Waals surface area contributed by atoms with Crippen molar-refractivity contribution in [1.29, 1.82) is 0 Å². The first-order valence-corrected chi connectivity index (χ1v) is 24.3. The summed E-state index contributed by atoms with van der Waals surface area (Å²) >= 11 is 1.23. The molecule has 3 amide bonds. The van der Waals surface area contributed by atoms with Crippen molar-refractivity contribution in [3.8, 4) is 0 Å². The van der Waals surface area contributed by atoms with Gasteiger partial charge in [0.2, 0.25) is 11.8 Å². The van der Waals surface area contributed by atoms with Crippen LogP contribution in [0.25, 0.3) is 0 Å². The van der Waals surface area contributed by atoms with Gasteiger partial charge in [0, 0.05) is 31.2 Å². The quantitative estimate of drug-likeness (QED) is 0.146. The number of hydrogen-bond donors (Lipinski definition) is 4. The molecule has 2 heterocycles. The molecule has 0 radical (unpaired) electrons. The second kappa shape index (κ2) is 25.7. The highest BCUT2D eigenvalue weighted by Crippen LogP contribution is 2.45. The summed E-state index contributed by atoms with van der Waals surface area (Å²) in [5, 5.41) is 32.3. The number of aliphatic carboxylic acids is 2. The van der Waals surface area contributed by atoms with Gasteiger partial charge in [0.25, 0.3) is 0 Å². The van der Waals surface area contributed by atoms with Gasteiger partial charge in [0.05, 0.1) is 59.1 Å². The lowest BCUT2D eigenvalue weighted by atomic mass is 9.91. The number of alkyl carbamates (subject to hydrolysis) is 1. The van der Waals surface area contributed by atoms with Crippen molar-refractivity contribution in [2.75, 3.05) is 18.9 Å². The molecule has 346 valence electrons. The number of hydrogen-bond acceptors (Lipinski definition) is 11. The highest BCUT2D eigenvalue weighted by molar-refractivity contribution is 8.00. The monoisotopic (exact) mass is 878 g/mol. The minimum atomic E-state index is -1.58. The van der Waals surface area contributed by atoms with E-state index in [0.717, 1.165) is 29.1 Å². The molecule has 0 aromatic heterocycles. The van der Waals surface area contributed by atoms with E-state index in [1.807, 2.05) is 0 Å². The Labute approximate surface area is 367 Å². The number of nitrogens with zero attached hydrogens (tertiary/aromatic N) is 1. The van der Waals surface area contributed by atoms with Crippen LogP contribution < -0.4 is 31.5 Å². The Kier molecular flexibility index (Phi) is 21.2. The number of thioether (sulfide) groups is 1. The first kappa shape index (κ1) is 50.3. The lowest BCUT2D eigenvalue weighted by Gasteiger charge is -2.50. The fraction of sp³-hybridized carbons (Fsp3) is 0.822. The van der Waals surface area contributed by atoms with Crippen LogP contribution in [0, 0.1) is 5.92 Å². The van der Waals surface area contributed by atoms with E-state index in [-0.39, 0.29) is 43.0 Å². The molecule has 6 aliphatic rings. The molecule has 61 heavy (non-hydrogen) atoms. The molecular formula is C45H75N5O10S. The zero-order valence-corrected chi connectivity index (χ0v) is 38.1. The number of fused-ring (bicyclic) bond motifs is 1. The average molecular weight is 878 g/mol. The Balaban J connectivity index is 0.000000252. The fourth-order valence-corrected chi connectivity index (χ4v) is 10.9. The number of esters is 1. The number of carboxylic acids is 2. The zero-order valence-electron chi connectivity index (χ0n) is 37.3. The highest BCUT2D eigenvalue weighted by Gasteiger charge is 2.52. The topological polar surface area (TPSA) is 228 Å². The largest absolute Gasteiger partial charge is 0.548 e. The second-order valence-corrected chi connectivity index (χ2v) is 20.0. The van der Waals surface area contributed by atoms with Crippen molar-refractivity contribution in [1.82, 2.24) is 15.5 Å². The van der Waals surface area contributed by atoms with Gasteiger partial charge in [-0.25, -0.2) is 4.79 Å². The van der Waals surface area contributed by atoms with Crippen LogP contribution in [0.4, 0.5) is 4.79 Å². The van der Waals surface area contributed by atoms with Crippen LogP contribution >= 0.6 is 11.8 Å². The third-order valence-electron chi connectivity index (χ3n) is 12.6. The Morgan fingerprint density at radius 3 is 1.62 bits per heavy atom. The standard InChI is InChI=1S/C21H29N3O10S.2C12H23N/c1-10(25)33-8-11-9-35-17-12(16(27)24(17)15(11)19(30)31)7-14(26)22-6-5-13(18(28)29)23-20(32)34-21(2,3)4;2*1-3-7-11(8-4-1)13-12-9-5-2-6-10-12/h12-13,17H,5-9H2,1-4H3,(H,22,26)(H,23,32)(H,28,29)(H,30,31);2*11-13H,1-10H2/t12-,13-,17-;;/m1../s1. The van der Waals surface area contributed by atoms with E-state index < -0.39 is 58.8 Å². The van der Waals surface area contributed by atoms with Crippen LogP contribution in [0.5, 0.6) is 0 Å². The van der Waals surface area contributed by atoms with Gasteiger partial charge in [-0.3, -0.25) is 19.3 Å². The molecule has 0 aromatic rings. The Bertz CT molecular complexity index is 1410. The average Bonchev–Trinajstić information content (AvgIpc) is 3.22. The predicted molar refractivity (Wildman–Crippen MR) is 227 cm³/mol. The summed E-state index contributed by atoms with van der Waals surface area (Å²) in [6, 6.07) is 2.58. The van der Waals surface area contributed by atoms with Gasteiger partial charge in [-0.2, -0.15) is 0 Å². The van der Waals surface area contributed by atoms with E-state index >= 15 is 0 Å². The van der Waals surface area contributed by atoms with Gasteiger partial charge >= 0.3 is 12.1 Å². The number of carbonyl (C=O) groups is 6. The van der Waals surface area contributed by atoms with Gasteiger partial charge in [-0.05, 0) is 130 Å². The van der Waals surface area contributed by atoms with Gasteiger partial charge in [-0.15, -0.1) is 11.8 Å². The number of amides is 3. The SMILES string of the molecule is C1CCC([NH2+]C2CCCCC2)CC1.C1CCC([NH2+]C2CCCCC2)CC1.CC(=O)OCC1=C(C(=O)[O-])N2C(=O)[C@@H](CC(=O)NCC[C@@H](NC(=O)OC(C)(C)C)C(=O)[O-])[C@H]2SC1. The first-order valence-electron chi connectivity index (χ1n) is 23.3. The number of carboxylic acid groups (broad SMARTS) is 2. The van der Waals surface area contributed by atoms with E-state index in [1.54, 1.807) is 20.8 Å². The molecule has 0 unspecified atom stereocenters. The molecule has 0 spiro atoms. The van der Waals surface area contributed by atoms with Crippen LogP contribution in [0.15, 0.2) is 11.3 Å². The van der Waals surface area contributed by atoms with Gasteiger partial charge in [-0.1, -0.05) is 25.7 Å². The van der Waals surface area contributed by atoms with Crippen LogP contribution in [0.3, 0.4) is 0 Å². The minimum absolute atomic E-state index is 0.132. The minimum Gasteiger partial charge on any atom is -0.548 e. The van der Waals surface area contributed by atoms with Crippen molar-refractivity contribution in [3.05, 3.63) is 11.3 Å². The molecule has 1 saturated heterocycles. The summed E-state index contributed by atoms with van der Waals surface area (Å²) in [5.41, 5.74) is -0.965. The molecule has 0 aromatic carbocycles. The maximum atomic E-state index is 12.6. The van der Waals surface area contributed by atoms with E-state index in [2.05, 4.69) is 21.3 Å². The predicted octanol–water partition coefficient (Wildman–Crippen LogP) is 2.05. The van der Waals surface area contributed by atoms with E-state index in [1.165, 1.54) is 147 Å². The molecule has 6 N–H and O–H groups in total. The van der Waals surface area contributed by atoms with Crippen molar-refractivity contribution in [2.24, 2.45) is 5.92 Å². The van der Waals surface area contributed by atoms with Gasteiger partial charge in [0.1, 0.15) is 12.2 Å². The highest BCUT2D eigenvalue weighted by atomic mass is 32.2. The molecular weight excluding hydrogens is 803 g/mol. The first-order chi connectivity index (χ1) is 29.1. The fourth-order valence-electron chi connectivity index (χ4n) is 9.51. The summed E-state index contributed by atoms with van der Waals surface area (Å²) in [5.74, 6) is -5.50. The Morgan fingerprint density at radius 1 is 0.770 bits per heavy atom. The van der Waals surface area contributed by atoms with Crippen LogP contribution in [-0.4, -0.2) is 101 Å². The zero-order chi connectivity index (χ0) is 44.4. The third kappa shape index (κ3) is 17.7. The molecule has 5 fully saturated rings. The number of ether oxygens (including phenoxy) is 2. The van der Waals surface area contributed by atoms with Crippen molar-refractivity contribution in [3.63, 3.8) is 0 Å². The molecule has 2 aliphatic heterocycles. The number of quaternary nitrogens is 2. The normalized spacial score (nSPS) is 23.4. The summed E-state index contributed by atoms with van der Waals surface area (Å²) in [6.45, 7) is 5.59. The maximum absolute atomic E-state index is 12.6. The summed E-state index contributed by atoms with van der Waals surface area (Å²) in [4.78, 5) is 71.6. The number of carbonyl (C=O) groups excluding carboxylic acids is 6. The lowest BCUT2D eigenvalue weighted by molar-refractivity contribution is -0.726. The Hall–Kier alpha value is -3.37. The molecule has 0 bridgehead atoms. The van der Waals surface area contributed by atoms with Crippen LogP contribution in [0.2, 0.25) is 0 Å².